The van der Waals surface area contributed by atoms with Gasteiger partial charge in [0.1, 0.15) is 0 Å². The van der Waals surface area contributed by atoms with E-state index in [0.717, 1.165) is 16.6 Å². The summed E-state index contributed by atoms with van der Waals surface area (Å²) < 4.78 is 0.936. The number of hydrogen-bond acceptors (Lipinski definition) is 3. The Kier molecular flexibility index (Phi) is 4.77. The molecule has 1 aromatic carbocycles. The highest BCUT2D eigenvalue weighted by molar-refractivity contribution is 9.10. The van der Waals surface area contributed by atoms with Crippen LogP contribution >= 0.6 is 15.9 Å². The normalized spacial score (nSPS) is 18.9. The van der Waals surface area contributed by atoms with Crippen LogP contribution in [0.15, 0.2) is 28.7 Å². The fourth-order valence-electron chi connectivity index (χ4n) is 2.40. The molecule has 0 radical (unpaired) electrons. The van der Waals surface area contributed by atoms with Gasteiger partial charge in [-0.2, -0.15) is 0 Å². The Hall–Kier alpha value is -1.40. The van der Waals surface area contributed by atoms with Gasteiger partial charge in [0.15, 0.2) is 0 Å². The zero-order valence-corrected chi connectivity index (χ0v) is 12.8. The van der Waals surface area contributed by atoms with E-state index in [4.69, 9.17) is 5.11 Å². The van der Waals surface area contributed by atoms with Crippen molar-refractivity contribution >= 4 is 33.5 Å². The molecule has 1 saturated heterocycles. The maximum Gasteiger partial charge on any atom is 0.304 e. The van der Waals surface area contributed by atoms with Crippen LogP contribution in [0.25, 0.3) is 0 Å². The molecule has 20 heavy (non-hydrogen) atoms. The van der Waals surface area contributed by atoms with Gasteiger partial charge in [0, 0.05) is 23.2 Å². The first-order valence-electron chi connectivity index (χ1n) is 6.48. The number of carboxylic acids is 1. The second kappa shape index (κ2) is 6.37. The number of rotatable bonds is 5. The van der Waals surface area contributed by atoms with Gasteiger partial charge in [-0.1, -0.05) is 22.0 Å². The molecule has 108 valence electrons. The van der Waals surface area contributed by atoms with Crippen molar-refractivity contribution in [2.24, 2.45) is 0 Å². The van der Waals surface area contributed by atoms with Gasteiger partial charge >= 0.3 is 5.97 Å². The van der Waals surface area contributed by atoms with Gasteiger partial charge in [-0.25, -0.2) is 0 Å². The fraction of sp³-hybridized carbons (Fsp3) is 0.429. The molecule has 1 heterocycles. The lowest BCUT2D eigenvalue weighted by molar-refractivity contribution is -0.137. The number of carboxylic acid groups (broad SMARTS) is 1. The molecule has 0 aromatic heterocycles. The summed E-state index contributed by atoms with van der Waals surface area (Å²) in [7, 11) is 1.80. The van der Waals surface area contributed by atoms with E-state index in [0.29, 0.717) is 13.1 Å². The van der Waals surface area contributed by atoms with Gasteiger partial charge in [0.05, 0.1) is 12.5 Å². The number of amides is 1. The van der Waals surface area contributed by atoms with Crippen LogP contribution in [-0.4, -0.2) is 48.1 Å². The Morgan fingerprint density at radius 2 is 2.30 bits per heavy atom. The largest absolute Gasteiger partial charge is 0.481 e. The van der Waals surface area contributed by atoms with Crippen molar-refractivity contribution in [1.82, 2.24) is 4.90 Å². The lowest BCUT2D eigenvalue weighted by Crippen LogP contribution is -2.40. The van der Waals surface area contributed by atoms with E-state index in [1.165, 1.54) is 0 Å². The first-order chi connectivity index (χ1) is 9.49. The topological polar surface area (TPSA) is 60.9 Å². The summed E-state index contributed by atoms with van der Waals surface area (Å²) in [6, 6.07) is 7.41. The summed E-state index contributed by atoms with van der Waals surface area (Å²) in [4.78, 5) is 26.6. The average molecular weight is 341 g/mol. The van der Waals surface area contributed by atoms with E-state index in [-0.39, 0.29) is 18.4 Å². The third-order valence-electron chi connectivity index (χ3n) is 3.51. The standard InChI is InChI=1S/C14H17BrN2O3/c1-16(7-6-13(18)19)12-5-8-17(14(12)20)11-4-2-3-10(15)9-11/h2-4,9,12H,5-8H2,1H3,(H,18,19). The van der Waals surface area contributed by atoms with Gasteiger partial charge in [0.2, 0.25) is 5.91 Å². The van der Waals surface area contributed by atoms with Crippen molar-refractivity contribution in [1.29, 1.82) is 0 Å². The lowest BCUT2D eigenvalue weighted by Gasteiger charge is -2.23. The van der Waals surface area contributed by atoms with Crippen LogP contribution < -0.4 is 4.90 Å². The molecular formula is C14H17BrN2O3. The van der Waals surface area contributed by atoms with Crippen LogP contribution in [0.3, 0.4) is 0 Å². The molecule has 0 saturated carbocycles. The van der Waals surface area contributed by atoms with Crippen molar-refractivity contribution in [2.45, 2.75) is 18.9 Å². The summed E-state index contributed by atoms with van der Waals surface area (Å²) in [5, 5.41) is 8.70. The molecule has 1 unspecified atom stereocenters. The fourth-order valence-corrected chi connectivity index (χ4v) is 2.79. The predicted octanol–water partition coefficient (Wildman–Crippen LogP) is 1.96. The molecule has 1 fully saturated rings. The third kappa shape index (κ3) is 3.37. The number of hydrogen-bond donors (Lipinski definition) is 1. The number of nitrogens with zero attached hydrogens (tertiary/aromatic N) is 2. The summed E-state index contributed by atoms with van der Waals surface area (Å²) in [5.74, 6) is -0.804. The van der Waals surface area contributed by atoms with E-state index in [1.54, 1.807) is 11.9 Å². The Labute approximate surface area is 126 Å². The van der Waals surface area contributed by atoms with Gasteiger partial charge in [0.25, 0.3) is 0 Å². The average Bonchev–Trinajstić information content (AvgIpc) is 2.78. The molecule has 1 aliphatic heterocycles. The number of anilines is 1. The van der Waals surface area contributed by atoms with Crippen molar-refractivity contribution in [3.63, 3.8) is 0 Å². The van der Waals surface area contributed by atoms with E-state index in [1.807, 2.05) is 29.2 Å². The van der Waals surface area contributed by atoms with Crippen LogP contribution in [0, 0.1) is 0 Å². The lowest BCUT2D eigenvalue weighted by atomic mass is 10.2. The predicted molar refractivity (Wildman–Crippen MR) is 79.8 cm³/mol. The number of carbonyl (C=O) groups excluding carboxylic acids is 1. The Balaban J connectivity index is 2.04. The van der Waals surface area contributed by atoms with Crippen LogP contribution in [0.2, 0.25) is 0 Å². The highest BCUT2D eigenvalue weighted by Crippen LogP contribution is 2.26. The molecule has 2 rings (SSSR count). The quantitative estimate of drug-likeness (QED) is 0.890. The summed E-state index contributed by atoms with van der Waals surface area (Å²) in [5.41, 5.74) is 0.874. The molecule has 5 nitrogen and oxygen atoms in total. The maximum atomic E-state index is 12.4. The zero-order valence-electron chi connectivity index (χ0n) is 11.3. The molecule has 1 amide bonds. The highest BCUT2D eigenvalue weighted by atomic mass is 79.9. The number of aliphatic carboxylic acids is 1. The smallest absolute Gasteiger partial charge is 0.304 e. The van der Waals surface area contributed by atoms with Crippen molar-refractivity contribution in [3.05, 3.63) is 28.7 Å². The minimum absolute atomic E-state index is 0.0380. The molecule has 6 heteroatoms. The van der Waals surface area contributed by atoms with Gasteiger partial charge in [-0.15, -0.1) is 0 Å². The molecule has 1 N–H and O–H groups in total. The number of likely N-dealkylation sites (N-methyl/N-ethyl adjacent to an activating group) is 1. The third-order valence-corrected chi connectivity index (χ3v) is 4.00. The van der Waals surface area contributed by atoms with E-state index in [9.17, 15) is 9.59 Å². The number of carbonyl (C=O) groups is 2. The SMILES string of the molecule is CN(CCC(=O)O)C1CCN(c2cccc(Br)c2)C1=O. The first kappa shape index (κ1) is 15.0. The van der Waals surface area contributed by atoms with E-state index >= 15 is 0 Å². The van der Waals surface area contributed by atoms with Gasteiger partial charge in [-0.3, -0.25) is 14.5 Å². The molecule has 1 aliphatic rings. The maximum absolute atomic E-state index is 12.4. The second-order valence-corrected chi connectivity index (χ2v) is 5.81. The number of benzene rings is 1. The van der Waals surface area contributed by atoms with Crippen LogP contribution in [-0.2, 0) is 9.59 Å². The van der Waals surface area contributed by atoms with Crippen molar-refractivity contribution < 1.29 is 14.7 Å². The number of halogens is 1. The van der Waals surface area contributed by atoms with Gasteiger partial charge in [-0.05, 0) is 31.7 Å². The molecule has 0 spiro atoms. The zero-order chi connectivity index (χ0) is 14.7. The molecule has 0 bridgehead atoms. The summed E-state index contributed by atoms with van der Waals surface area (Å²) in [6.45, 7) is 1.05. The molecule has 1 atom stereocenters. The van der Waals surface area contributed by atoms with E-state index in [2.05, 4.69) is 15.9 Å². The monoisotopic (exact) mass is 340 g/mol. The summed E-state index contributed by atoms with van der Waals surface area (Å²) in [6.07, 6.45) is 0.776. The van der Waals surface area contributed by atoms with Crippen LogP contribution in [0.5, 0.6) is 0 Å². The summed E-state index contributed by atoms with van der Waals surface area (Å²) >= 11 is 3.40. The molecule has 1 aromatic rings. The van der Waals surface area contributed by atoms with Crippen molar-refractivity contribution in [2.75, 3.05) is 25.0 Å². The second-order valence-electron chi connectivity index (χ2n) is 4.90. The van der Waals surface area contributed by atoms with Crippen molar-refractivity contribution in [3.8, 4) is 0 Å². The molecule has 0 aliphatic carbocycles. The Morgan fingerprint density at radius 3 is 2.95 bits per heavy atom. The Bertz CT molecular complexity index is 521. The Morgan fingerprint density at radius 1 is 1.55 bits per heavy atom. The highest BCUT2D eigenvalue weighted by Gasteiger charge is 2.35. The minimum Gasteiger partial charge on any atom is -0.481 e. The van der Waals surface area contributed by atoms with Crippen LogP contribution in [0.1, 0.15) is 12.8 Å². The first-order valence-corrected chi connectivity index (χ1v) is 7.27. The molecular weight excluding hydrogens is 324 g/mol. The van der Waals surface area contributed by atoms with Gasteiger partial charge < -0.3 is 10.0 Å². The van der Waals surface area contributed by atoms with E-state index < -0.39 is 5.97 Å². The minimum atomic E-state index is -0.842. The van der Waals surface area contributed by atoms with Crippen LogP contribution in [0.4, 0.5) is 5.69 Å².